The predicted molar refractivity (Wildman–Crippen MR) is 162 cm³/mol. The highest BCUT2D eigenvalue weighted by atomic mass is 16.6. The molecule has 0 spiro atoms. The Morgan fingerprint density at radius 3 is 2.33 bits per heavy atom. The van der Waals surface area contributed by atoms with Gasteiger partial charge in [0.2, 0.25) is 0 Å². The molecule has 4 aliphatic rings. The Kier molecular flexibility index (Phi) is 9.88. The Morgan fingerprint density at radius 2 is 1.69 bits per heavy atom. The van der Waals surface area contributed by atoms with Crippen molar-refractivity contribution in [1.82, 2.24) is 0 Å². The largest absolute Gasteiger partial charge is 0.462 e. The third kappa shape index (κ3) is 6.18. The summed E-state index contributed by atoms with van der Waals surface area (Å²) in [5, 5.41) is 23.6. The fraction of sp³-hybridized carbons (Fsp3) is 0.943. The molecule has 11 atom stereocenters. The van der Waals surface area contributed by atoms with Crippen LogP contribution in [0.3, 0.4) is 0 Å². The number of hydrogen-bond acceptors (Lipinski definition) is 7. The molecule has 0 aromatic heterocycles. The molecule has 11 unspecified atom stereocenters. The van der Waals surface area contributed by atoms with Gasteiger partial charge in [0, 0.05) is 13.5 Å². The maximum absolute atomic E-state index is 12.8. The van der Waals surface area contributed by atoms with Crippen LogP contribution >= 0.6 is 0 Å². The number of aliphatic hydroxyl groups is 2. The first-order chi connectivity index (χ1) is 19.5. The number of carbonyl (C=O) groups excluding carboxylic acids is 2. The van der Waals surface area contributed by atoms with Gasteiger partial charge in [-0.3, -0.25) is 9.59 Å². The Labute approximate surface area is 254 Å². The van der Waals surface area contributed by atoms with Gasteiger partial charge in [0.05, 0.1) is 24.2 Å². The molecule has 0 amide bonds. The van der Waals surface area contributed by atoms with Gasteiger partial charge in [-0.1, -0.05) is 27.7 Å². The van der Waals surface area contributed by atoms with Crippen LogP contribution in [0.25, 0.3) is 0 Å². The molecule has 7 heteroatoms. The van der Waals surface area contributed by atoms with E-state index < -0.39 is 23.2 Å². The van der Waals surface area contributed by atoms with Gasteiger partial charge in [-0.15, -0.1) is 0 Å². The van der Waals surface area contributed by atoms with Crippen molar-refractivity contribution in [2.45, 2.75) is 144 Å². The van der Waals surface area contributed by atoms with Gasteiger partial charge in [0.25, 0.3) is 0 Å². The van der Waals surface area contributed by atoms with Gasteiger partial charge in [-0.25, -0.2) is 0 Å². The zero-order chi connectivity index (χ0) is 31.3. The lowest BCUT2D eigenvalue weighted by Gasteiger charge is -2.63. The minimum Gasteiger partial charge on any atom is -0.462 e. The monoisotopic (exact) mass is 592 g/mol. The summed E-state index contributed by atoms with van der Waals surface area (Å²) in [4.78, 5) is 25.5. The van der Waals surface area contributed by atoms with E-state index in [-0.39, 0.29) is 58.5 Å². The highest BCUT2D eigenvalue weighted by Gasteiger charge is 2.66. The van der Waals surface area contributed by atoms with Crippen molar-refractivity contribution in [2.75, 3.05) is 13.7 Å². The van der Waals surface area contributed by atoms with E-state index in [0.717, 1.165) is 51.4 Å². The molecule has 4 saturated carbocycles. The summed E-state index contributed by atoms with van der Waals surface area (Å²) in [7, 11) is 1.61. The maximum Gasteiger partial charge on any atom is 0.311 e. The third-order valence-electron chi connectivity index (χ3n) is 12.9. The molecular weight excluding hydrogens is 532 g/mol. The second-order valence-electron chi connectivity index (χ2n) is 16.3. The minimum atomic E-state index is -0.647. The summed E-state index contributed by atoms with van der Waals surface area (Å²) < 4.78 is 16.9. The van der Waals surface area contributed by atoms with Crippen molar-refractivity contribution in [3.63, 3.8) is 0 Å². The molecule has 4 rings (SSSR count). The lowest BCUT2D eigenvalue weighted by atomic mass is 9.43. The van der Waals surface area contributed by atoms with E-state index in [4.69, 9.17) is 14.2 Å². The third-order valence-corrected chi connectivity index (χ3v) is 12.9. The van der Waals surface area contributed by atoms with Gasteiger partial charge >= 0.3 is 11.9 Å². The predicted octanol–water partition coefficient (Wildman–Crippen LogP) is 6.32. The quantitative estimate of drug-likeness (QED) is 0.286. The summed E-state index contributed by atoms with van der Waals surface area (Å²) in [6.45, 7) is 16.9. The van der Waals surface area contributed by atoms with Gasteiger partial charge < -0.3 is 24.4 Å². The molecule has 0 aromatic rings. The first-order valence-electron chi connectivity index (χ1n) is 16.8. The van der Waals surface area contributed by atoms with Crippen LogP contribution in [0.4, 0.5) is 0 Å². The number of esters is 2. The molecule has 0 bridgehead atoms. The van der Waals surface area contributed by atoms with E-state index in [9.17, 15) is 19.8 Å². The molecule has 0 saturated heterocycles. The molecular formula is C35H60O7. The molecule has 4 fully saturated rings. The SMILES string of the molecule is CCC(C)(C)C(=O)OC1CCC2(C)C(C1)CC(O)C1C2CC(O)C2(C)C(C(C)CCC(=O)OC(C)(C)COC)CCC12. The number of carbonyl (C=O) groups is 2. The first-order valence-corrected chi connectivity index (χ1v) is 16.8. The minimum absolute atomic E-state index is 0.0257. The Balaban J connectivity index is 1.44. The van der Waals surface area contributed by atoms with Gasteiger partial charge in [0.15, 0.2) is 0 Å². The molecule has 7 nitrogen and oxygen atoms in total. The molecule has 0 radical (unpaired) electrons. The zero-order valence-electron chi connectivity index (χ0n) is 27.9. The van der Waals surface area contributed by atoms with Crippen molar-refractivity contribution < 1.29 is 34.0 Å². The van der Waals surface area contributed by atoms with Crippen LogP contribution in [0.5, 0.6) is 0 Å². The average Bonchev–Trinajstić information content (AvgIpc) is 3.26. The lowest BCUT2D eigenvalue weighted by Crippen LogP contribution is -2.62. The van der Waals surface area contributed by atoms with Crippen molar-refractivity contribution >= 4 is 11.9 Å². The Hall–Kier alpha value is -1.18. The normalized spacial score (nSPS) is 40.8. The summed E-state index contributed by atoms with van der Waals surface area (Å²) in [5.74, 6) is 1.23. The number of fused-ring (bicyclic) bond motifs is 5. The van der Waals surface area contributed by atoms with Gasteiger partial charge in [-0.05, 0) is 132 Å². The maximum atomic E-state index is 12.8. The number of hydrogen-bond donors (Lipinski definition) is 2. The standard InChI is InChI=1S/C35H60O7/c1-10-32(3,4)31(39)41-23-15-16-34(7)22(17-23)18-27(36)30-25-13-12-24(35(25,8)28(37)19-26(30)34)21(2)11-14-29(38)42-33(5,6)20-40-9/h21-28,30,36-37H,10-20H2,1-9H3. The summed E-state index contributed by atoms with van der Waals surface area (Å²) in [5.41, 5.74) is -1.38. The highest BCUT2D eigenvalue weighted by molar-refractivity contribution is 5.76. The molecule has 2 N–H and O–H groups in total. The number of ether oxygens (including phenoxy) is 3. The summed E-state index contributed by atoms with van der Waals surface area (Å²) in [6.07, 6.45) is 7.02. The van der Waals surface area contributed by atoms with Crippen LogP contribution in [0, 0.1) is 51.8 Å². The van der Waals surface area contributed by atoms with Crippen LogP contribution in [0.1, 0.15) is 120 Å². The van der Waals surface area contributed by atoms with Crippen molar-refractivity contribution in [3.05, 3.63) is 0 Å². The second kappa shape index (κ2) is 12.3. The van der Waals surface area contributed by atoms with Crippen molar-refractivity contribution in [1.29, 1.82) is 0 Å². The number of methoxy groups -OCH3 is 1. The van der Waals surface area contributed by atoms with E-state index in [1.807, 2.05) is 34.6 Å². The summed E-state index contributed by atoms with van der Waals surface area (Å²) in [6, 6.07) is 0. The van der Waals surface area contributed by atoms with E-state index in [1.54, 1.807) is 7.11 Å². The van der Waals surface area contributed by atoms with Crippen LogP contribution in [0.15, 0.2) is 0 Å². The van der Waals surface area contributed by atoms with E-state index in [0.29, 0.717) is 25.4 Å². The molecule has 0 aromatic carbocycles. The molecule has 0 aliphatic heterocycles. The van der Waals surface area contributed by atoms with Crippen LogP contribution in [-0.4, -0.2) is 59.8 Å². The van der Waals surface area contributed by atoms with Crippen LogP contribution in [-0.2, 0) is 23.8 Å². The van der Waals surface area contributed by atoms with Gasteiger partial charge in [0.1, 0.15) is 11.7 Å². The smallest absolute Gasteiger partial charge is 0.311 e. The lowest BCUT2D eigenvalue weighted by molar-refractivity contribution is -0.210. The first kappa shape index (κ1) is 33.7. The second-order valence-corrected chi connectivity index (χ2v) is 16.3. The Bertz CT molecular complexity index is 976. The zero-order valence-corrected chi connectivity index (χ0v) is 27.9. The highest BCUT2D eigenvalue weighted by Crippen LogP contribution is 2.68. The van der Waals surface area contributed by atoms with Crippen molar-refractivity contribution in [3.8, 4) is 0 Å². The summed E-state index contributed by atoms with van der Waals surface area (Å²) >= 11 is 0. The molecule has 0 heterocycles. The van der Waals surface area contributed by atoms with E-state index in [1.165, 1.54) is 0 Å². The molecule has 242 valence electrons. The molecule has 4 aliphatic carbocycles. The van der Waals surface area contributed by atoms with Crippen LogP contribution in [0.2, 0.25) is 0 Å². The van der Waals surface area contributed by atoms with E-state index in [2.05, 4.69) is 20.8 Å². The Morgan fingerprint density at radius 1 is 1.00 bits per heavy atom. The fourth-order valence-electron chi connectivity index (χ4n) is 9.96. The fourth-order valence-corrected chi connectivity index (χ4v) is 9.96. The number of rotatable bonds is 10. The van der Waals surface area contributed by atoms with Crippen molar-refractivity contribution in [2.24, 2.45) is 51.8 Å². The molecule has 42 heavy (non-hydrogen) atoms. The van der Waals surface area contributed by atoms with Gasteiger partial charge in [-0.2, -0.15) is 0 Å². The average molecular weight is 593 g/mol. The van der Waals surface area contributed by atoms with E-state index >= 15 is 0 Å². The van der Waals surface area contributed by atoms with Crippen LogP contribution < -0.4 is 0 Å². The number of aliphatic hydroxyl groups excluding tert-OH is 2. The topological polar surface area (TPSA) is 102 Å².